The van der Waals surface area contributed by atoms with Gasteiger partial charge in [0.2, 0.25) is 0 Å². The Morgan fingerprint density at radius 1 is 1.09 bits per heavy atom. The molecule has 2 rings (SSSR count). The quantitative estimate of drug-likeness (QED) is 0.699. The van der Waals surface area contributed by atoms with E-state index in [-0.39, 0.29) is 12.2 Å². The van der Waals surface area contributed by atoms with Crippen LogP contribution in [0.1, 0.15) is 12.0 Å². The Kier molecular flexibility index (Phi) is 6.40. The number of aliphatic carboxylic acids is 1. The summed E-state index contributed by atoms with van der Waals surface area (Å²) >= 11 is 3.40. The highest BCUT2D eigenvalue weighted by Gasteiger charge is 2.05. The molecule has 0 atom stereocenters. The lowest BCUT2D eigenvalue weighted by Gasteiger charge is -2.10. The standard InChI is InChI=1S/C17H16BrFO4/c18-15-11-12(2-8-17(20)21)1-7-16(15)23-10-9-22-14-5-3-13(19)4-6-14/h1,3-7,11H,2,8-10H2,(H,20,21). The van der Waals surface area contributed by atoms with Crippen molar-refractivity contribution in [2.75, 3.05) is 13.2 Å². The first-order valence-corrected chi connectivity index (χ1v) is 7.85. The molecular weight excluding hydrogens is 367 g/mol. The number of carbonyl (C=O) groups is 1. The van der Waals surface area contributed by atoms with Gasteiger partial charge in [0.05, 0.1) is 4.47 Å². The van der Waals surface area contributed by atoms with Crippen LogP contribution in [0, 0.1) is 5.82 Å². The third-order valence-corrected chi connectivity index (χ3v) is 3.67. The Labute approximate surface area is 142 Å². The molecule has 2 aromatic rings. The van der Waals surface area contributed by atoms with Crippen molar-refractivity contribution in [1.29, 1.82) is 0 Å². The molecule has 0 unspecified atom stereocenters. The van der Waals surface area contributed by atoms with Crippen molar-refractivity contribution in [1.82, 2.24) is 0 Å². The van der Waals surface area contributed by atoms with Gasteiger partial charge in [-0.3, -0.25) is 4.79 Å². The van der Waals surface area contributed by atoms with Gasteiger partial charge in [-0.15, -0.1) is 0 Å². The minimum absolute atomic E-state index is 0.0954. The molecule has 0 saturated carbocycles. The van der Waals surface area contributed by atoms with Crippen LogP contribution in [0.15, 0.2) is 46.9 Å². The van der Waals surface area contributed by atoms with E-state index < -0.39 is 5.97 Å². The molecule has 0 heterocycles. The molecule has 0 bridgehead atoms. The van der Waals surface area contributed by atoms with E-state index in [2.05, 4.69) is 15.9 Å². The van der Waals surface area contributed by atoms with Gasteiger partial charge in [0, 0.05) is 6.42 Å². The summed E-state index contributed by atoms with van der Waals surface area (Å²) in [6, 6.07) is 11.3. The zero-order valence-corrected chi connectivity index (χ0v) is 13.9. The minimum atomic E-state index is -0.820. The molecule has 0 amide bonds. The first kappa shape index (κ1) is 17.3. The summed E-state index contributed by atoms with van der Waals surface area (Å²) in [6.07, 6.45) is 0.569. The Morgan fingerprint density at radius 3 is 2.43 bits per heavy atom. The molecule has 0 aliphatic rings. The Bertz CT molecular complexity index is 658. The van der Waals surface area contributed by atoms with Crippen LogP contribution >= 0.6 is 15.9 Å². The van der Waals surface area contributed by atoms with Crippen LogP contribution in [-0.4, -0.2) is 24.3 Å². The molecule has 6 heteroatoms. The van der Waals surface area contributed by atoms with Crippen molar-refractivity contribution >= 4 is 21.9 Å². The summed E-state index contributed by atoms with van der Waals surface area (Å²) in [5.41, 5.74) is 0.925. The highest BCUT2D eigenvalue weighted by atomic mass is 79.9. The fourth-order valence-corrected chi connectivity index (χ4v) is 2.45. The van der Waals surface area contributed by atoms with Crippen LogP contribution in [0.5, 0.6) is 11.5 Å². The molecule has 0 saturated heterocycles. The summed E-state index contributed by atoms with van der Waals surface area (Å²) < 4.78 is 24.6. The van der Waals surface area contributed by atoms with Crippen molar-refractivity contribution < 1.29 is 23.8 Å². The number of aryl methyl sites for hydroxylation is 1. The third-order valence-electron chi connectivity index (χ3n) is 3.05. The first-order valence-electron chi connectivity index (χ1n) is 7.06. The topological polar surface area (TPSA) is 55.8 Å². The van der Waals surface area contributed by atoms with Gasteiger partial charge in [-0.25, -0.2) is 4.39 Å². The predicted molar refractivity (Wildman–Crippen MR) is 87.5 cm³/mol. The maximum absolute atomic E-state index is 12.8. The number of ether oxygens (including phenoxy) is 2. The van der Waals surface area contributed by atoms with Gasteiger partial charge in [-0.1, -0.05) is 6.07 Å². The SMILES string of the molecule is O=C(O)CCc1ccc(OCCOc2ccc(F)cc2)c(Br)c1. The van der Waals surface area contributed by atoms with Crippen LogP contribution < -0.4 is 9.47 Å². The van der Waals surface area contributed by atoms with Crippen LogP contribution in [0.4, 0.5) is 4.39 Å². The van der Waals surface area contributed by atoms with Gasteiger partial charge in [0.1, 0.15) is 30.5 Å². The van der Waals surface area contributed by atoms with Crippen molar-refractivity contribution in [2.45, 2.75) is 12.8 Å². The summed E-state index contributed by atoms with van der Waals surface area (Å²) in [5.74, 6) is 0.116. The molecule has 0 radical (unpaired) electrons. The largest absolute Gasteiger partial charge is 0.490 e. The monoisotopic (exact) mass is 382 g/mol. The molecule has 2 aromatic carbocycles. The van der Waals surface area contributed by atoms with E-state index in [0.29, 0.717) is 31.1 Å². The number of carboxylic acids is 1. The van der Waals surface area contributed by atoms with E-state index in [9.17, 15) is 9.18 Å². The van der Waals surface area contributed by atoms with Gasteiger partial charge in [0.15, 0.2) is 0 Å². The number of rotatable bonds is 8. The fraction of sp³-hybridized carbons (Fsp3) is 0.235. The maximum atomic E-state index is 12.8. The van der Waals surface area contributed by atoms with Crippen molar-refractivity contribution in [3.63, 3.8) is 0 Å². The van der Waals surface area contributed by atoms with E-state index in [1.165, 1.54) is 12.1 Å². The van der Waals surface area contributed by atoms with E-state index in [0.717, 1.165) is 10.0 Å². The number of hydrogen-bond donors (Lipinski definition) is 1. The number of benzene rings is 2. The second-order valence-corrected chi connectivity index (χ2v) is 5.66. The second kappa shape index (κ2) is 8.53. The van der Waals surface area contributed by atoms with Crippen LogP contribution in [0.25, 0.3) is 0 Å². The number of hydrogen-bond acceptors (Lipinski definition) is 3. The van der Waals surface area contributed by atoms with Gasteiger partial charge in [-0.05, 0) is 64.3 Å². The maximum Gasteiger partial charge on any atom is 0.303 e. The minimum Gasteiger partial charge on any atom is -0.490 e. The van der Waals surface area contributed by atoms with Crippen LogP contribution in [-0.2, 0) is 11.2 Å². The van der Waals surface area contributed by atoms with Crippen molar-refractivity contribution in [3.05, 3.63) is 58.3 Å². The molecule has 122 valence electrons. The van der Waals surface area contributed by atoms with Crippen LogP contribution in [0.3, 0.4) is 0 Å². The predicted octanol–water partition coefficient (Wildman–Crippen LogP) is 4.06. The molecule has 4 nitrogen and oxygen atoms in total. The zero-order valence-electron chi connectivity index (χ0n) is 12.3. The van der Waals surface area contributed by atoms with Gasteiger partial charge in [0.25, 0.3) is 0 Å². The highest BCUT2D eigenvalue weighted by molar-refractivity contribution is 9.10. The number of carboxylic acid groups (broad SMARTS) is 1. The van der Waals surface area contributed by atoms with Crippen LogP contribution in [0.2, 0.25) is 0 Å². The molecule has 0 aromatic heterocycles. The normalized spacial score (nSPS) is 10.3. The Hall–Kier alpha value is -2.08. The summed E-state index contributed by atoms with van der Waals surface area (Å²) in [7, 11) is 0. The van der Waals surface area contributed by atoms with Gasteiger partial charge in [-0.2, -0.15) is 0 Å². The number of halogens is 2. The van der Waals surface area contributed by atoms with E-state index in [4.69, 9.17) is 14.6 Å². The van der Waals surface area contributed by atoms with E-state index >= 15 is 0 Å². The smallest absolute Gasteiger partial charge is 0.303 e. The summed E-state index contributed by atoms with van der Waals surface area (Å²) in [4.78, 5) is 10.6. The van der Waals surface area contributed by atoms with E-state index in [1.807, 2.05) is 12.1 Å². The van der Waals surface area contributed by atoms with Crippen molar-refractivity contribution in [2.24, 2.45) is 0 Å². The molecule has 0 spiro atoms. The second-order valence-electron chi connectivity index (χ2n) is 4.81. The third kappa shape index (κ3) is 5.90. The lowest BCUT2D eigenvalue weighted by molar-refractivity contribution is -0.136. The zero-order chi connectivity index (χ0) is 16.7. The first-order chi connectivity index (χ1) is 11.0. The highest BCUT2D eigenvalue weighted by Crippen LogP contribution is 2.26. The summed E-state index contributed by atoms with van der Waals surface area (Å²) in [6.45, 7) is 0.670. The lowest BCUT2D eigenvalue weighted by Crippen LogP contribution is -2.09. The van der Waals surface area contributed by atoms with E-state index in [1.54, 1.807) is 18.2 Å². The molecular formula is C17H16BrFO4. The molecule has 0 aliphatic heterocycles. The Morgan fingerprint density at radius 2 is 1.78 bits per heavy atom. The fourth-order valence-electron chi connectivity index (χ4n) is 1.91. The van der Waals surface area contributed by atoms with Gasteiger partial charge < -0.3 is 14.6 Å². The lowest BCUT2D eigenvalue weighted by atomic mass is 10.1. The Balaban J connectivity index is 1.79. The van der Waals surface area contributed by atoms with Gasteiger partial charge >= 0.3 is 5.97 Å². The molecule has 1 N–H and O–H groups in total. The molecule has 23 heavy (non-hydrogen) atoms. The average Bonchev–Trinajstić information content (AvgIpc) is 2.52. The molecule has 0 aliphatic carbocycles. The van der Waals surface area contributed by atoms with Crippen molar-refractivity contribution in [3.8, 4) is 11.5 Å². The average molecular weight is 383 g/mol. The summed E-state index contributed by atoms with van der Waals surface area (Å²) in [5, 5.41) is 8.68. The molecule has 0 fully saturated rings.